The third-order valence-electron chi connectivity index (χ3n) is 6.42. The van der Waals surface area contributed by atoms with Gasteiger partial charge in [0.25, 0.3) is 0 Å². The van der Waals surface area contributed by atoms with E-state index in [1.807, 2.05) is 12.1 Å². The van der Waals surface area contributed by atoms with Gasteiger partial charge in [-0.1, -0.05) is 24.3 Å². The van der Waals surface area contributed by atoms with E-state index in [9.17, 15) is 9.59 Å². The van der Waals surface area contributed by atoms with Crippen molar-refractivity contribution >= 4 is 17.5 Å². The summed E-state index contributed by atoms with van der Waals surface area (Å²) in [7, 11) is 1.60. The summed E-state index contributed by atoms with van der Waals surface area (Å²) in [6, 6.07) is 15.3. The highest BCUT2D eigenvalue weighted by Crippen LogP contribution is 2.64. The standard InChI is InChI=1S/C23H24N2O3/c1-23(2,3)25-19-15-7-5-6-8-16(15)20(25)18-17(19)21(26)24(22(18)27)13-9-11-14(28-4)12-10-13/h5-12,17-20H,1-4H3/t17-,18+,19-,20+. The van der Waals surface area contributed by atoms with Gasteiger partial charge in [0.1, 0.15) is 5.75 Å². The molecular formula is C23H24N2O3. The second-order valence-electron chi connectivity index (χ2n) is 8.86. The second-order valence-corrected chi connectivity index (χ2v) is 8.86. The van der Waals surface area contributed by atoms with E-state index >= 15 is 0 Å². The zero-order valence-electron chi connectivity index (χ0n) is 16.5. The number of amides is 2. The molecule has 0 aliphatic carbocycles. The maximum atomic E-state index is 13.5. The minimum Gasteiger partial charge on any atom is -0.497 e. The molecule has 4 atom stereocenters. The average Bonchev–Trinajstić information content (AvgIpc) is 3.28. The molecule has 3 aliphatic heterocycles. The fourth-order valence-corrected chi connectivity index (χ4v) is 5.45. The smallest absolute Gasteiger partial charge is 0.239 e. The number of hydrogen-bond donors (Lipinski definition) is 0. The van der Waals surface area contributed by atoms with Gasteiger partial charge in [0.05, 0.1) is 24.6 Å². The van der Waals surface area contributed by atoms with E-state index < -0.39 is 0 Å². The molecule has 0 N–H and O–H groups in total. The van der Waals surface area contributed by atoms with Crippen molar-refractivity contribution in [2.24, 2.45) is 11.8 Å². The Balaban J connectivity index is 1.60. The number of fused-ring (bicyclic) bond motifs is 8. The van der Waals surface area contributed by atoms with Crippen LogP contribution >= 0.6 is 0 Å². The number of imide groups is 1. The van der Waals surface area contributed by atoms with Crippen molar-refractivity contribution in [1.82, 2.24) is 4.90 Å². The molecule has 5 nitrogen and oxygen atoms in total. The van der Waals surface area contributed by atoms with Crippen LogP contribution in [0.4, 0.5) is 5.69 Å². The first-order valence-electron chi connectivity index (χ1n) is 9.73. The first kappa shape index (κ1) is 17.4. The van der Waals surface area contributed by atoms with Gasteiger partial charge in [0.15, 0.2) is 0 Å². The summed E-state index contributed by atoms with van der Waals surface area (Å²) >= 11 is 0. The van der Waals surface area contributed by atoms with Gasteiger partial charge in [-0.05, 0) is 56.2 Å². The van der Waals surface area contributed by atoms with E-state index in [0.717, 1.165) is 0 Å². The van der Waals surface area contributed by atoms with E-state index in [2.05, 4.69) is 37.8 Å². The summed E-state index contributed by atoms with van der Waals surface area (Å²) in [5.74, 6) is -0.121. The van der Waals surface area contributed by atoms with Crippen molar-refractivity contribution in [1.29, 1.82) is 0 Å². The fraction of sp³-hybridized carbons (Fsp3) is 0.391. The molecule has 0 aromatic heterocycles. The average molecular weight is 376 g/mol. The summed E-state index contributed by atoms with van der Waals surface area (Å²) in [4.78, 5) is 30.7. The molecular weight excluding hydrogens is 352 g/mol. The van der Waals surface area contributed by atoms with Gasteiger partial charge in [0, 0.05) is 17.6 Å². The summed E-state index contributed by atoms with van der Waals surface area (Å²) in [5, 5.41) is 0. The summed E-state index contributed by atoms with van der Waals surface area (Å²) in [6.07, 6.45) is 0. The first-order valence-corrected chi connectivity index (χ1v) is 9.73. The Labute approximate surface area is 164 Å². The van der Waals surface area contributed by atoms with E-state index in [1.54, 1.807) is 31.4 Å². The van der Waals surface area contributed by atoms with Crippen LogP contribution in [0, 0.1) is 11.8 Å². The van der Waals surface area contributed by atoms with E-state index in [-0.39, 0.29) is 41.3 Å². The SMILES string of the molecule is COc1ccc(N2C(=O)[C@@H]3[C@H](C2=O)[C@@H]2c4ccccc4[C@H]3N2C(C)(C)C)cc1. The van der Waals surface area contributed by atoms with Gasteiger partial charge in [0.2, 0.25) is 11.8 Å². The minimum atomic E-state index is -0.325. The van der Waals surface area contributed by atoms with Crippen molar-refractivity contribution in [3.8, 4) is 5.75 Å². The monoisotopic (exact) mass is 376 g/mol. The predicted octanol–water partition coefficient (Wildman–Crippen LogP) is 3.71. The van der Waals surface area contributed by atoms with Crippen molar-refractivity contribution < 1.29 is 14.3 Å². The van der Waals surface area contributed by atoms with Crippen LogP contribution in [0.2, 0.25) is 0 Å². The fourth-order valence-electron chi connectivity index (χ4n) is 5.45. The topological polar surface area (TPSA) is 49.9 Å². The molecule has 2 aromatic rings. The maximum Gasteiger partial charge on any atom is 0.239 e. The zero-order chi connectivity index (χ0) is 19.8. The van der Waals surface area contributed by atoms with Gasteiger partial charge in [-0.25, -0.2) is 4.90 Å². The van der Waals surface area contributed by atoms with Crippen LogP contribution in [0.3, 0.4) is 0 Å². The molecule has 2 fully saturated rings. The highest BCUT2D eigenvalue weighted by molar-refractivity contribution is 6.23. The summed E-state index contributed by atoms with van der Waals surface area (Å²) in [5.41, 5.74) is 2.88. The molecule has 28 heavy (non-hydrogen) atoms. The van der Waals surface area contributed by atoms with Crippen molar-refractivity contribution in [3.63, 3.8) is 0 Å². The van der Waals surface area contributed by atoms with Crippen molar-refractivity contribution in [3.05, 3.63) is 59.7 Å². The highest BCUT2D eigenvalue weighted by Gasteiger charge is 2.68. The lowest BCUT2D eigenvalue weighted by molar-refractivity contribution is -0.124. The molecule has 0 spiro atoms. The van der Waals surface area contributed by atoms with Gasteiger partial charge < -0.3 is 4.74 Å². The molecule has 5 heteroatoms. The van der Waals surface area contributed by atoms with Gasteiger partial charge in [-0.2, -0.15) is 0 Å². The van der Waals surface area contributed by atoms with Crippen LogP contribution in [0.1, 0.15) is 44.0 Å². The molecule has 2 aromatic carbocycles. The molecule has 0 unspecified atom stereocenters. The summed E-state index contributed by atoms with van der Waals surface area (Å²) < 4.78 is 5.20. The molecule has 2 amide bonds. The molecule has 2 saturated heterocycles. The largest absolute Gasteiger partial charge is 0.497 e. The maximum absolute atomic E-state index is 13.5. The highest BCUT2D eigenvalue weighted by atomic mass is 16.5. The Morgan fingerprint density at radius 3 is 1.75 bits per heavy atom. The molecule has 5 rings (SSSR count). The number of ether oxygens (including phenoxy) is 1. The van der Waals surface area contributed by atoms with Crippen LogP contribution in [-0.4, -0.2) is 29.4 Å². The van der Waals surface area contributed by atoms with Crippen molar-refractivity contribution in [2.45, 2.75) is 38.4 Å². The lowest BCUT2D eigenvalue weighted by atomic mass is 9.77. The Hall–Kier alpha value is -2.66. The molecule has 144 valence electrons. The van der Waals surface area contributed by atoms with E-state index in [0.29, 0.717) is 11.4 Å². The minimum absolute atomic E-state index is 0.0501. The van der Waals surface area contributed by atoms with Gasteiger partial charge in [-0.3, -0.25) is 14.5 Å². The van der Waals surface area contributed by atoms with E-state index in [1.165, 1.54) is 16.0 Å². The number of benzene rings is 2. The zero-order valence-corrected chi connectivity index (χ0v) is 16.5. The normalized spacial score (nSPS) is 28.6. The lowest BCUT2D eigenvalue weighted by Gasteiger charge is -2.38. The number of carbonyl (C=O) groups excluding carboxylic acids is 2. The quantitative estimate of drug-likeness (QED) is 0.750. The Bertz CT molecular complexity index is 927. The molecule has 3 aliphatic rings. The van der Waals surface area contributed by atoms with Crippen LogP contribution < -0.4 is 9.64 Å². The first-order chi connectivity index (χ1) is 13.3. The van der Waals surface area contributed by atoms with Gasteiger partial charge >= 0.3 is 0 Å². The Morgan fingerprint density at radius 1 is 0.821 bits per heavy atom. The van der Waals surface area contributed by atoms with E-state index in [4.69, 9.17) is 4.74 Å². The Morgan fingerprint density at radius 2 is 1.32 bits per heavy atom. The Kier molecular flexibility index (Phi) is 3.53. The predicted molar refractivity (Wildman–Crippen MR) is 106 cm³/mol. The number of nitrogens with zero attached hydrogens (tertiary/aromatic N) is 2. The summed E-state index contributed by atoms with van der Waals surface area (Å²) in [6.45, 7) is 6.49. The van der Waals surface area contributed by atoms with Crippen LogP contribution in [0.15, 0.2) is 48.5 Å². The number of anilines is 1. The lowest BCUT2D eigenvalue weighted by Crippen LogP contribution is -2.43. The number of methoxy groups -OCH3 is 1. The molecule has 0 radical (unpaired) electrons. The van der Waals surface area contributed by atoms with Crippen LogP contribution in [-0.2, 0) is 9.59 Å². The third-order valence-corrected chi connectivity index (χ3v) is 6.42. The van der Waals surface area contributed by atoms with Crippen LogP contribution in [0.25, 0.3) is 0 Å². The molecule has 3 heterocycles. The van der Waals surface area contributed by atoms with Gasteiger partial charge in [-0.15, -0.1) is 0 Å². The number of hydrogen-bond acceptors (Lipinski definition) is 4. The molecule has 2 bridgehead atoms. The van der Waals surface area contributed by atoms with Crippen molar-refractivity contribution in [2.75, 3.05) is 12.0 Å². The number of rotatable bonds is 2. The third kappa shape index (κ3) is 2.11. The number of carbonyl (C=O) groups is 2. The molecule has 0 saturated carbocycles. The second kappa shape index (κ2) is 5.67. The van der Waals surface area contributed by atoms with Crippen LogP contribution in [0.5, 0.6) is 5.75 Å².